The van der Waals surface area contributed by atoms with Gasteiger partial charge in [-0.15, -0.1) is 0 Å². The van der Waals surface area contributed by atoms with Crippen LogP contribution < -0.4 is 21.7 Å². The normalized spacial score (nSPS) is 22.4. The van der Waals surface area contributed by atoms with Crippen LogP contribution in [-0.2, 0) is 6.18 Å². The highest BCUT2D eigenvalue weighted by Crippen LogP contribution is 2.36. The summed E-state index contributed by atoms with van der Waals surface area (Å²) in [6.07, 6.45) is 7.05. The van der Waals surface area contributed by atoms with Crippen LogP contribution in [0.5, 0.6) is 0 Å². The number of aromatic nitrogens is 4. The van der Waals surface area contributed by atoms with Crippen molar-refractivity contribution in [2.24, 2.45) is 5.73 Å². The van der Waals surface area contributed by atoms with Gasteiger partial charge < -0.3 is 31.2 Å². The number of anilines is 3. The SMILES string of the molecule is NC1CCC(Nc2nc(NC3CCN(C(=O)Nc4ccccc4C(F)(F)F)CC3)c3ncn(C4CCCC4)c3n2)CC1. The van der Waals surface area contributed by atoms with E-state index in [0.717, 1.165) is 55.8 Å². The number of halogens is 3. The highest BCUT2D eigenvalue weighted by atomic mass is 19.4. The van der Waals surface area contributed by atoms with E-state index >= 15 is 0 Å². The van der Waals surface area contributed by atoms with Crippen LogP contribution in [0.25, 0.3) is 11.2 Å². The summed E-state index contributed by atoms with van der Waals surface area (Å²) in [5.74, 6) is 1.24. The lowest BCUT2D eigenvalue weighted by atomic mass is 9.92. The zero-order valence-electron chi connectivity index (χ0n) is 23.5. The number of likely N-dealkylation sites (tertiary alicyclic amines) is 1. The van der Waals surface area contributed by atoms with Crippen LogP contribution in [0.15, 0.2) is 30.6 Å². The highest BCUT2D eigenvalue weighted by Gasteiger charge is 2.34. The van der Waals surface area contributed by atoms with Gasteiger partial charge in [-0.2, -0.15) is 23.1 Å². The molecule has 0 unspecified atom stereocenters. The van der Waals surface area contributed by atoms with Crippen LogP contribution in [0, 0.1) is 0 Å². The Balaban J connectivity index is 1.15. The predicted octanol–water partition coefficient (Wildman–Crippen LogP) is 5.75. The van der Waals surface area contributed by atoms with Crippen LogP contribution in [0.3, 0.4) is 0 Å². The summed E-state index contributed by atoms with van der Waals surface area (Å²) in [7, 11) is 0. The first-order valence-electron chi connectivity index (χ1n) is 15.0. The van der Waals surface area contributed by atoms with Crippen molar-refractivity contribution in [1.29, 1.82) is 0 Å². The van der Waals surface area contributed by atoms with Crippen LogP contribution in [0.4, 0.5) is 35.4 Å². The number of piperidine rings is 1. The quantitative estimate of drug-likeness (QED) is 0.290. The number of para-hydroxylation sites is 1. The maximum atomic E-state index is 13.4. The molecule has 13 heteroatoms. The molecule has 3 heterocycles. The summed E-state index contributed by atoms with van der Waals surface area (Å²) < 4.78 is 42.3. The molecule has 1 aromatic carbocycles. The molecule has 6 rings (SSSR count). The van der Waals surface area contributed by atoms with Crippen molar-refractivity contribution in [3.05, 3.63) is 36.2 Å². The number of nitrogens with two attached hydrogens (primary N) is 1. The number of amides is 2. The second-order valence-electron chi connectivity index (χ2n) is 11.8. The van der Waals surface area contributed by atoms with Gasteiger partial charge in [-0.3, -0.25) is 0 Å². The Morgan fingerprint density at radius 3 is 2.31 bits per heavy atom. The molecule has 0 bridgehead atoms. The number of rotatable bonds is 6. The number of urea groups is 1. The maximum absolute atomic E-state index is 13.4. The van der Waals surface area contributed by atoms with Gasteiger partial charge in [-0.05, 0) is 63.5 Å². The van der Waals surface area contributed by atoms with Crippen molar-refractivity contribution in [1.82, 2.24) is 24.4 Å². The third kappa shape index (κ3) is 6.25. The molecule has 0 radical (unpaired) electrons. The van der Waals surface area contributed by atoms with Crippen LogP contribution in [-0.4, -0.2) is 61.7 Å². The monoisotopic (exact) mass is 585 g/mol. The molecule has 2 amide bonds. The number of benzene rings is 1. The lowest BCUT2D eigenvalue weighted by Gasteiger charge is -2.33. The molecule has 5 N–H and O–H groups in total. The van der Waals surface area contributed by atoms with Crippen LogP contribution in [0.2, 0.25) is 0 Å². The molecular formula is C29H38F3N9O. The predicted molar refractivity (Wildman–Crippen MR) is 155 cm³/mol. The molecular weight excluding hydrogens is 547 g/mol. The second kappa shape index (κ2) is 11.9. The Labute approximate surface area is 242 Å². The van der Waals surface area contributed by atoms with Gasteiger partial charge in [0, 0.05) is 37.3 Å². The lowest BCUT2D eigenvalue weighted by molar-refractivity contribution is -0.136. The van der Waals surface area contributed by atoms with Crippen molar-refractivity contribution >= 4 is 34.6 Å². The van der Waals surface area contributed by atoms with Gasteiger partial charge in [-0.25, -0.2) is 9.78 Å². The van der Waals surface area contributed by atoms with E-state index < -0.39 is 17.8 Å². The van der Waals surface area contributed by atoms with E-state index in [-0.39, 0.29) is 23.8 Å². The Morgan fingerprint density at radius 2 is 1.60 bits per heavy atom. The minimum atomic E-state index is -4.55. The van der Waals surface area contributed by atoms with Crippen LogP contribution in [0.1, 0.15) is 75.8 Å². The molecule has 3 fully saturated rings. The molecule has 2 aromatic heterocycles. The van der Waals surface area contributed by atoms with Gasteiger partial charge in [0.1, 0.15) is 0 Å². The maximum Gasteiger partial charge on any atom is 0.418 e. The Hall–Kier alpha value is -3.61. The number of carbonyl (C=O) groups is 1. The molecule has 226 valence electrons. The van der Waals surface area contributed by atoms with E-state index in [1.165, 1.54) is 31.0 Å². The largest absolute Gasteiger partial charge is 0.418 e. The fourth-order valence-corrected chi connectivity index (χ4v) is 6.43. The summed E-state index contributed by atoms with van der Waals surface area (Å²) in [4.78, 5) is 28.9. The average molecular weight is 586 g/mol. The van der Waals surface area contributed by atoms with Crippen molar-refractivity contribution < 1.29 is 18.0 Å². The number of imidazole rings is 1. The van der Waals surface area contributed by atoms with Crippen molar-refractivity contribution in [3.8, 4) is 0 Å². The summed E-state index contributed by atoms with van der Waals surface area (Å²) in [5.41, 5.74) is 6.54. The minimum Gasteiger partial charge on any atom is -0.365 e. The van der Waals surface area contributed by atoms with E-state index in [9.17, 15) is 18.0 Å². The van der Waals surface area contributed by atoms with Gasteiger partial charge in [0.25, 0.3) is 0 Å². The van der Waals surface area contributed by atoms with E-state index in [0.29, 0.717) is 43.7 Å². The van der Waals surface area contributed by atoms with Crippen molar-refractivity contribution in [3.63, 3.8) is 0 Å². The van der Waals surface area contributed by atoms with E-state index in [2.05, 4.69) is 20.5 Å². The molecule has 0 atom stereocenters. The highest BCUT2D eigenvalue weighted by molar-refractivity contribution is 5.90. The first kappa shape index (κ1) is 28.5. The second-order valence-corrected chi connectivity index (χ2v) is 11.8. The molecule has 1 saturated heterocycles. The van der Waals surface area contributed by atoms with Crippen LogP contribution >= 0.6 is 0 Å². The average Bonchev–Trinajstić information content (AvgIpc) is 3.65. The summed E-state index contributed by atoms with van der Waals surface area (Å²) in [5, 5.41) is 9.55. The summed E-state index contributed by atoms with van der Waals surface area (Å²) in [6.45, 7) is 0.797. The molecule has 3 aliphatic rings. The number of nitrogens with zero attached hydrogens (tertiary/aromatic N) is 5. The number of alkyl halides is 3. The van der Waals surface area contributed by atoms with E-state index in [4.69, 9.17) is 20.7 Å². The standard InChI is InChI=1S/C29H38F3N9O/c30-29(31,32)22-7-3-4-8-23(22)37-28(42)40-15-13-20(14-16-40)35-25-24-26(41(17-34-24)21-5-1-2-6-21)39-27(38-25)36-19-11-9-18(33)10-12-19/h3-4,7-8,17-21H,1-2,5-6,9-16,33H2,(H,37,42)(H2,35,36,38,39). The number of hydrogen-bond acceptors (Lipinski definition) is 7. The molecule has 2 saturated carbocycles. The van der Waals surface area contributed by atoms with Gasteiger partial charge >= 0.3 is 12.2 Å². The van der Waals surface area contributed by atoms with Crippen molar-refractivity contribution in [2.75, 3.05) is 29.0 Å². The minimum absolute atomic E-state index is 0.0202. The van der Waals surface area contributed by atoms with Gasteiger partial charge in [0.2, 0.25) is 5.95 Å². The van der Waals surface area contributed by atoms with E-state index in [1.807, 2.05) is 6.33 Å². The molecule has 0 spiro atoms. The zero-order chi connectivity index (χ0) is 29.3. The van der Waals surface area contributed by atoms with Gasteiger partial charge in [0.05, 0.1) is 17.6 Å². The molecule has 42 heavy (non-hydrogen) atoms. The fraction of sp³-hybridized carbons (Fsp3) is 0.586. The van der Waals surface area contributed by atoms with Gasteiger partial charge in [0.15, 0.2) is 17.0 Å². The lowest BCUT2D eigenvalue weighted by Crippen LogP contribution is -2.44. The first-order chi connectivity index (χ1) is 20.2. The smallest absolute Gasteiger partial charge is 0.365 e. The summed E-state index contributed by atoms with van der Waals surface area (Å²) >= 11 is 0. The molecule has 3 aromatic rings. The molecule has 2 aliphatic carbocycles. The zero-order valence-corrected chi connectivity index (χ0v) is 23.5. The number of hydrogen-bond donors (Lipinski definition) is 4. The number of nitrogens with one attached hydrogen (secondary N) is 3. The van der Waals surface area contributed by atoms with E-state index in [1.54, 1.807) is 4.90 Å². The first-order valence-corrected chi connectivity index (χ1v) is 15.0. The molecule has 1 aliphatic heterocycles. The third-order valence-electron chi connectivity index (χ3n) is 8.84. The summed E-state index contributed by atoms with van der Waals surface area (Å²) in [6, 6.07) is 5.40. The number of carbonyl (C=O) groups excluding carboxylic acids is 1. The fourth-order valence-electron chi connectivity index (χ4n) is 6.43. The topological polar surface area (TPSA) is 126 Å². The third-order valence-corrected chi connectivity index (χ3v) is 8.84. The Kier molecular flexibility index (Phi) is 8.11. The Bertz CT molecular complexity index is 1390. The Morgan fingerprint density at radius 1 is 0.905 bits per heavy atom. The van der Waals surface area contributed by atoms with Crippen molar-refractivity contribution in [2.45, 2.75) is 94.6 Å². The molecule has 10 nitrogen and oxygen atoms in total. The van der Waals surface area contributed by atoms with Gasteiger partial charge in [-0.1, -0.05) is 25.0 Å². The number of fused-ring (bicyclic) bond motifs is 1.